The van der Waals surface area contributed by atoms with E-state index in [1.54, 1.807) is 6.07 Å². The van der Waals surface area contributed by atoms with Crippen LogP contribution in [-0.2, 0) is 4.74 Å². The van der Waals surface area contributed by atoms with Crippen LogP contribution in [0.5, 0.6) is 0 Å². The molecular formula is C12H11BrCl2N2O4. The van der Waals surface area contributed by atoms with Crippen molar-refractivity contribution in [1.82, 2.24) is 9.97 Å². The number of rotatable bonds is 2. The second-order valence-corrected chi connectivity index (χ2v) is 6.31. The summed E-state index contributed by atoms with van der Waals surface area (Å²) in [4.78, 5) is 7.21. The Morgan fingerprint density at radius 1 is 1.33 bits per heavy atom. The number of aliphatic hydroxyl groups is 3. The van der Waals surface area contributed by atoms with Crippen molar-refractivity contribution in [3.8, 4) is 0 Å². The van der Waals surface area contributed by atoms with Crippen molar-refractivity contribution in [3.63, 3.8) is 0 Å². The molecule has 0 bridgehead atoms. The second kappa shape index (κ2) is 5.66. The van der Waals surface area contributed by atoms with Crippen molar-refractivity contribution in [2.24, 2.45) is 0 Å². The molecule has 1 fully saturated rings. The molecule has 1 aromatic heterocycles. The summed E-state index contributed by atoms with van der Waals surface area (Å²) >= 11 is 15.5. The van der Waals surface area contributed by atoms with Gasteiger partial charge in [0.05, 0.1) is 27.7 Å². The molecule has 0 radical (unpaired) electrons. The molecule has 2 heterocycles. The number of aliphatic hydroxyl groups excluding tert-OH is 3. The van der Waals surface area contributed by atoms with E-state index < -0.39 is 31.0 Å². The summed E-state index contributed by atoms with van der Waals surface area (Å²) in [6.45, 7) is -0.416. The summed E-state index contributed by atoms with van der Waals surface area (Å²) in [5, 5.41) is 29.7. The number of imidazole rings is 1. The summed E-state index contributed by atoms with van der Waals surface area (Å²) in [5.41, 5.74) is 1.47. The molecule has 2 aromatic rings. The number of aromatic amines is 1. The fraction of sp³-hybridized carbons (Fsp3) is 0.417. The van der Waals surface area contributed by atoms with Gasteiger partial charge in [-0.05, 0) is 22.0 Å². The van der Waals surface area contributed by atoms with Crippen molar-refractivity contribution in [2.45, 2.75) is 24.4 Å². The molecule has 4 atom stereocenters. The highest BCUT2D eigenvalue weighted by Gasteiger charge is 2.45. The van der Waals surface area contributed by atoms with Crippen molar-refractivity contribution in [2.75, 3.05) is 6.61 Å². The van der Waals surface area contributed by atoms with Gasteiger partial charge < -0.3 is 25.0 Å². The molecule has 0 aliphatic carbocycles. The van der Waals surface area contributed by atoms with Gasteiger partial charge in [-0.25, -0.2) is 4.98 Å². The van der Waals surface area contributed by atoms with Crippen LogP contribution < -0.4 is 0 Å². The number of hydrogen-bond acceptors (Lipinski definition) is 5. The molecule has 1 aliphatic rings. The van der Waals surface area contributed by atoms with Crippen LogP contribution in [0.4, 0.5) is 0 Å². The van der Waals surface area contributed by atoms with Gasteiger partial charge in [-0.15, -0.1) is 0 Å². The van der Waals surface area contributed by atoms with E-state index >= 15 is 0 Å². The predicted molar refractivity (Wildman–Crippen MR) is 80.5 cm³/mol. The lowest BCUT2D eigenvalue weighted by Gasteiger charge is -2.17. The quantitative estimate of drug-likeness (QED) is 0.619. The Morgan fingerprint density at radius 3 is 2.67 bits per heavy atom. The zero-order valence-electron chi connectivity index (χ0n) is 10.4. The first-order valence-corrected chi connectivity index (χ1v) is 7.64. The molecule has 3 rings (SSSR count). The smallest absolute Gasteiger partial charge is 0.175 e. The summed E-state index contributed by atoms with van der Waals surface area (Å²) < 4.78 is 5.99. The van der Waals surface area contributed by atoms with Gasteiger partial charge >= 0.3 is 0 Å². The minimum Gasteiger partial charge on any atom is -0.394 e. The van der Waals surface area contributed by atoms with E-state index in [-0.39, 0.29) is 10.0 Å². The maximum absolute atomic E-state index is 10.2. The van der Waals surface area contributed by atoms with Crippen molar-refractivity contribution >= 4 is 50.2 Å². The predicted octanol–water partition coefficient (Wildman–Crippen LogP) is 1.79. The van der Waals surface area contributed by atoms with E-state index in [4.69, 9.17) is 27.9 Å². The van der Waals surface area contributed by atoms with Crippen LogP contribution in [0.3, 0.4) is 0 Å². The normalized spacial score (nSPS) is 29.4. The van der Waals surface area contributed by atoms with Crippen LogP contribution in [0.2, 0.25) is 10.0 Å². The lowest BCUT2D eigenvalue weighted by atomic mass is 10.00. The van der Waals surface area contributed by atoms with Gasteiger partial charge in [0.25, 0.3) is 0 Å². The number of nitrogens with one attached hydrogen (secondary N) is 1. The zero-order chi connectivity index (χ0) is 15.3. The third kappa shape index (κ3) is 2.46. The maximum atomic E-state index is 10.2. The van der Waals surface area contributed by atoms with Crippen LogP contribution in [0.15, 0.2) is 10.8 Å². The topological polar surface area (TPSA) is 98.6 Å². The fourth-order valence-corrected chi connectivity index (χ4v) is 3.34. The fourth-order valence-electron chi connectivity index (χ4n) is 2.49. The lowest BCUT2D eigenvalue weighted by molar-refractivity contribution is -0.0223. The van der Waals surface area contributed by atoms with Gasteiger partial charge in [-0.3, -0.25) is 0 Å². The maximum Gasteiger partial charge on any atom is 0.175 e. The van der Waals surface area contributed by atoms with Crippen molar-refractivity contribution in [3.05, 3.63) is 26.4 Å². The lowest BCUT2D eigenvalue weighted by Crippen LogP contribution is -2.32. The highest BCUT2D eigenvalue weighted by Crippen LogP contribution is 2.43. The van der Waals surface area contributed by atoms with E-state index in [2.05, 4.69) is 25.9 Å². The highest BCUT2D eigenvalue weighted by atomic mass is 79.9. The van der Waals surface area contributed by atoms with E-state index in [0.717, 1.165) is 0 Å². The highest BCUT2D eigenvalue weighted by molar-refractivity contribution is 9.10. The number of H-pyrrole nitrogens is 1. The number of fused-ring (bicyclic) bond motifs is 1. The molecule has 9 heteroatoms. The standard InChI is InChI=1S/C12H11BrCl2N2O4/c13-12-16-4-1-3(14)7(15)6(8(4)17-12)11-10(20)9(19)5(2-18)21-11/h1,5,9-11,18-20H,2H2,(H,16,17)/t5-,9-,10-,11?/m1/s1. The molecule has 114 valence electrons. The Labute approximate surface area is 137 Å². The Balaban J connectivity index is 2.18. The van der Waals surface area contributed by atoms with Gasteiger partial charge in [-0.1, -0.05) is 23.2 Å². The molecule has 6 nitrogen and oxygen atoms in total. The average Bonchev–Trinajstić information content (AvgIpc) is 2.93. The Morgan fingerprint density at radius 2 is 2.05 bits per heavy atom. The van der Waals surface area contributed by atoms with Crippen LogP contribution in [0, 0.1) is 0 Å². The second-order valence-electron chi connectivity index (χ2n) is 4.77. The third-order valence-corrected chi connectivity index (χ3v) is 4.68. The van der Waals surface area contributed by atoms with E-state index in [1.165, 1.54) is 0 Å². The van der Waals surface area contributed by atoms with Gasteiger partial charge in [0.1, 0.15) is 24.4 Å². The Bertz CT molecular complexity index is 695. The number of aromatic nitrogens is 2. The molecule has 4 N–H and O–H groups in total. The molecule has 0 saturated carbocycles. The van der Waals surface area contributed by atoms with Crippen LogP contribution in [-0.4, -0.2) is 50.2 Å². The van der Waals surface area contributed by atoms with Gasteiger partial charge in [0.2, 0.25) is 0 Å². The zero-order valence-corrected chi connectivity index (χ0v) is 13.5. The summed E-state index contributed by atoms with van der Waals surface area (Å²) in [6, 6.07) is 1.61. The minimum absolute atomic E-state index is 0.193. The first kappa shape index (κ1) is 15.5. The van der Waals surface area contributed by atoms with Gasteiger partial charge in [0, 0.05) is 5.56 Å². The first-order valence-electron chi connectivity index (χ1n) is 6.09. The molecule has 0 spiro atoms. The Kier molecular flexibility index (Phi) is 4.17. The number of halogens is 3. The van der Waals surface area contributed by atoms with E-state index in [1.807, 2.05) is 0 Å². The molecule has 1 unspecified atom stereocenters. The van der Waals surface area contributed by atoms with Gasteiger partial charge in [-0.2, -0.15) is 0 Å². The minimum atomic E-state index is -1.24. The molecule has 21 heavy (non-hydrogen) atoms. The monoisotopic (exact) mass is 396 g/mol. The first-order chi connectivity index (χ1) is 9.93. The summed E-state index contributed by atoms with van der Waals surface area (Å²) in [7, 11) is 0. The SMILES string of the molecule is OC[C@H]1OC(c2c(Cl)c(Cl)cc3[nH]c(Br)nc23)[C@H](O)[C@@H]1O. The molecular weight excluding hydrogens is 387 g/mol. The van der Waals surface area contributed by atoms with Crippen LogP contribution in [0.1, 0.15) is 11.7 Å². The molecule has 1 aromatic carbocycles. The van der Waals surface area contributed by atoms with Crippen molar-refractivity contribution in [1.29, 1.82) is 0 Å². The van der Waals surface area contributed by atoms with Crippen LogP contribution in [0.25, 0.3) is 11.0 Å². The average molecular weight is 398 g/mol. The molecule has 0 amide bonds. The third-order valence-electron chi connectivity index (χ3n) is 3.50. The van der Waals surface area contributed by atoms with Crippen molar-refractivity contribution < 1.29 is 20.1 Å². The van der Waals surface area contributed by atoms with E-state index in [9.17, 15) is 15.3 Å². The summed E-state index contributed by atoms with van der Waals surface area (Å²) in [6.07, 6.45) is -4.28. The number of nitrogens with zero attached hydrogens (tertiary/aromatic N) is 1. The number of benzene rings is 1. The largest absolute Gasteiger partial charge is 0.394 e. The molecule has 1 aliphatic heterocycles. The number of ether oxygens (including phenoxy) is 1. The molecule has 1 saturated heterocycles. The summed E-state index contributed by atoms with van der Waals surface area (Å²) in [5.74, 6) is 0. The number of hydrogen-bond donors (Lipinski definition) is 4. The van der Waals surface area contributed by atoms with Gasteiger partial charge in [0.15, 0.2) is 4.73 Å². The Hall–Kier alpha value is -0.410. The van der Waals surface area contributed by atoms with E-state index in [0.29, 0.717) is 21.3 Å². The van der Waals surface area contributed by atoms with Crippen LogP contribution >= 0.6 is 39.1 Å².